The maximum absolute atomic E-state index is 12.7. The Kier molecular flexibility index (Phi) is 3.43. The third kappa shape index (κ3) is 2.56. The Bertz CT molecular complexity index is 816. The summed E-state index contributed by atoms with van der Waals surface area (Å²) in [6.07, 6.45) is 11.3. The van der Waals surface area contributed by atoms with Crippen molar-refractivity contribution < 1.29 is 4.79 Å². The molecule has 25 heavy (non-hydrogen) atoms. The zero-order valence-corrected chi connectivity index (χ0v) is 14.2. The van der Waals surface area contributed by atoms with Crippen LogP contribution in [-0.2, 0) is 30.7 Å². The second kappa shape index (κ2) is 5.79. The molecule has 1 amide bonds. The van der Waals surface area contributed by atoms with E-state index >= 15 is 0 Å². The van der Waals surface area contributed by atoms with Crippen molar-refractivity contribution in [3.63, 3.8) is 0 Å². The van der Waals surface area contributed by atoms with Gasteiger partial charge in [0.1, 0.15) is 6.33 Å². The lowest BCUT2D eigenvalue weighted by molar-refractivity contribution is -0.133. The molecule has 0 atom stereocenters. The molecule has 1 saturated heterocycles. The molecule has 2 aromatic rings. The van der Waals surface area contributed by atoms with Crippen molar-refractivity contribution in [2.45, 2.75) is 38.8 Å². The molecule has 0 radical (unpaired) electrons. The number of aromatic nitrogens is 3. The lowest BCUT2D eigenvalue weighted by atomic mass is 9.95. The molecule has 128 valence electrons. The zero-order chi connectivity index (χ0) is 16.8. The van der Waals surface area contributed by atoms with E-state index < -0.39 is 0 Å². The predicted octanol–water partition coefficient (Wildman–Crippen LogP) is 1.73. The van der Waals surface area contributed by atoms with E-state index in [2.05, 4.69) is 19.9 Å². The molecule has 0 spiro atoms. The SMILES string of the molecule is O=C(CC1CN(c2cncnc2)C1)N1Cc2cnc3c(c2C1)CCC3. The molecule has 2 aromatic heterocycles. The highest BCUT2D eigenvalue weighted by Gasteiger charge is 2.33. The highest BCUT2D eigenvalue weighted by Crippen LogP contribution is 2.33. The average Bonchev–Trinajstić information content (AvgIpc) is 3.23. The Morgan fingerprint density at radius 1 is 1.08 bits per heavy atom. The summed E-state index contributed by atoms with van der Waals surface area (Å²) in [5.74, 6) is 0.706. The number of rotatable bonds is 3. The Hall–Kier alpha value is -2.50. The van der Waals surface area contributed by atoms with Crippen molar-refractivity contribution in [3.8, 4) is 0 Å². The first kappa shape index (κ1) is 14.8. The number of hydrogen-bond acceptors (Lipinski definition) is 5. The molecule has 0 aromatic carbocycles. The lowest BCUT2D eigenvalue weighted by Crippen LogP contribution is -2.48. The van der Waals surface area contributed by atoms with E-state index in [0.29, 0.717) is 12.3 Å². The van der Waals surface area contributed by atoms with E-state index in [4.69, 9.17) is 0 Å². The first-order chi connectivity index (χ1) is 12.3. The molecule has 0 saturated carbocycles. The van der Waals surface area contributed by atoms with Gasteiger partial charge in [-0.3, -0.25) is 9.78 Å². The van der Waals surface area contributed by atoms with Crippen LogP contribution in [0.4, 0.5) is 5.69 Å². The van der Waals surface area contributed by atoms with Crippen molar-refractivity contribution in [3.05, 3.63) is 47.3 Å². The Morgan fingerprint density at radius 2 is 1.92 bits per heavy atom. The second-order valence-corrected chi connectivity index (χ2v) is 7.36. The molecule has 5 rings (SSSR count). The largest absolute Gasteiger partial charge is 0.368 e. The Balaban J connectivity index is 1.20. The van der Waals surface area contributed by atoms with Gasteiger partial charge in [0.15, 0.2) is 0 Å². The number of nitrogens with zero attached hydrogens (tertiary/aromatic N) is 5. The summed E-state index contributed by atoms with van der Waals surface area (Å²) in [5, 5.41) is 0. The molecular weight excluding hydrogens is 314 g/mol. The summed E-state index contributed by atoms with van der Waals surface area (Å²) in [5.41, 5.74) is 6.36. The van der Waals surface area contributed by atoms with Gasteiger partial charge in [-0.25, -0.2) is 9.97 Å². The molecule has 6 heteroatoms. The van der Waals surface area contributed by atoms with Crippen LogP contribution < -0.4 is 4.90 Å². The minimum Gasteiger partial charge on any atom is -0.368 e. The van der Waals surface area contributed by atoms with E-state index in [0.717, 1.165) is 44.7 Å². The third-order valence-electron chi connectivity index (χ3n) is 5.71. The van der Waals surface area contributed by atoms with Crippen LogP contribution >= 0.6 is 0 Å². The predicted molar refractivity (Wildman–Crippen MR) is 92.9 cm³/mol. The maximum Gasteiger partial charge on any atom is 0.223 e. The smallest absolute Gasteiger partial charge is 0.223 e. The number of hydrogen-bond donors (Lipinski definition) is 0. The summed E-state index contributed by atoms with van der Waals surface area (Å²) in [7, 11) is 0. The molecular formula is C19H21N5O. The van der Waals surface area contributed by atoms with Crippen molar-refractivity contribution in [1.82, 2.24) is 19.9 Å². The fraction of sp³-hybridized carbons (Fsp3) is 0.474. The molecule has 0 bridgehead atoms. The van der Waals surface area contributed by atoms with Crippen LogP contribution in [0.25, 0.3) is 0 Å². The maximum atomic E-state index is 12.7. The quantitative estimate of drug-likeness (QED) is 0.855. The van der Waals surface area contributed by atoms with Crippen molar-refractivity contribution in [2.24, 2.45) is 5.92 Å². The van der Waals surface area contributed by atoms with E-state index in [1.165, 1.54) is 28.8 Å². The molecule has 3 aliphatic rings. The molecule has 0 unspecified atom stereocenters. The topological polar surface area (TPSA) is 62.2 Å². The monoisotopic (exact) mass is 335 g/mol. The van der Waals surface area contributed by atoms with Gasteiger partial charge in [0.25, 0.3) is 0 Å². The number of amides is 1. The lowest BCUT2D eigenvalue weighted by Gasteiger charge is -2.40. The van der Waals surface area contributed by atoms with Gasteiger partial charge in [-0.05, 0) is 36.0 Å². The van der Waals surface area contributed by atoms with E-state index in [9.17, 15) is 4.79 Å². The van der Waals surface area contributed by atoms with Crippen LogP contribution in [0.3, 0.4) is 0 Å². The van der Waals surface area contributed by atoms with Gasteiger partial charge in [0.05, 0.1) is 18.1 Å². The first-order valence-corrected chi connectivity index (χ1v) is 9.04. The van der Waals surface area contributed by atoms with Crippen molar-refractivity contribution in [1.29, 1.82) is 0 Å². The summed E-state index contributed by atoms with van der Waals surface area (Å²) in [6, 6.07) is 0. The number of fused-ring (bicyclic) bond motifs is 3. The fourth-order valence-corrected chi connectivity index (χ4v) is 4.33. The van der Waals surface area contributed by atoms with E-state index in [1.54, 1.807) is 6.33 Å². The summed E-state index contributed by atoms with van der Waals surface area (Å²) >= 11 is 0. The molecule has 2 aliphatic heterocycles. The van der Waals surface area contributed by atoms with Crippen LogP contribution in [0.2, 0.25) is 0 Å². The van der Waals surface area contributed by atoms with Gasteiger partial charge in [0, 0.05) is 50.4 Å². The van der Waals surface area contributed by atoms with Crippen molar-refractivity contribution >= 4 is 11.6 Å². The van der Waals surface area contributed by atoms with E-state index in [-0.39, 0.29) is 5.91 Å². The number of anilines is 1. The zero-order valence-electron chi connectivity index (χ0n) is 14.2. The minimum absolute atomic E-state index is 0.275. The van der Waals surface area contributed by atoms with Gasteiger partial charge < -0.3 is 9.80 Å². The molecule has 6 nitrogen and oxygen atoms in total. The number of pyridine rings is 1. The van der Waals surface area contributed by atoms with E-state index in [1.807, 2.05) is 23.5 Å². The van der Waals surface area contributed by atoms with Crippen LogP contribution in [0.1, 0.15) is 35.2 Å². The molecule has 0 N–H and O–H groups in total. The van der Waals surface area contributed by atoms with Crippen LogP contribution in [0.15, 0.2) is 24.9 Å². The number of aryl methyl sites for hydroxylation is 1. The van der Waals surface area contributed by atoms with Crippen LogP contribution in [-0.4, -0.2) is 38.8 Å². The van der Waals surface area contributed by atoms with Crippen LogP contribution in [0, 0.1) is 5.92 Å². The Morgan fingerprint density at radius 3 is 2.76 bits per heavy atom. The van der Waals surface area contributed by atoms with Gasteiger partial charge in [0.2, 0.25) is 5.91 Å². The first-order valence-electron chi connectivity index (χ1n) is 9.04. The molecule has 4 heterocycles. The van der Waals surface area contributed by atoms with Gasteiger partial charge >= 0.3 is 0 Å². The second-order valence-electron chi connectivity index (χ2n) is 7.36. The fourth-order valence-electron chi connectivity index (χ4n) is 4.33. The normalized spacial score (nSPS) is 18.9. The molecule has 1 fully saturated rings. The minimum atomic E-state index is 0.275. The summed E-state index contributed by atoms with van der Waals surface area (Å²) in [6.45, 7) is 3.34. The standard InChI is InChI=1S/C19H21N5O/c25-19(4-13-8-23(9-13)15-6-20-12-21-7-15)24-10-14-5-22-18-3-1-2-16(18)17(14)11-24/h5-7,12-13H,1-4,8-11H2. The highest BCUT2D eigenvalue weighted by atomic mass is 16.2. The van der Waals surface area contributed by atoms with Crippen LogP contribution in [0.5, 0.6) is 0 Å². The Labute approximate surface area is 146 Å². The van der Waals surface area contributed by atoms with Crippen molar-refractivity contribution in [2.75, 3.05) is 18.0 Å². The summed E-state index contributed by atoms with van der Waals surface area (Å²) < 4.78 is 0. The van der Waals surface area contributed by atoms with Gasteiger partial charge in [-0.2, -0.15) is 0 Å². The number of carbonyl (C=O) groups is 1. The molecule has 1 aliphatic carbocycles. The average molecular weight is 335 g/mol. The highest BCUT2D eigenvalue weighted by molar-refractivity contribution is 5.78. The number of carbonyl (C=O) groups excluding carboxylic acids is 1. The summed E-state index contributed by atoms with van der Waals surface area (Å²) in [4.78, 5) is 29.7. The van der Waals surface area contributed by atoms with Gasteiger partial charge in [-0.15, -0.1) is 0 Å². The third-order valence-corrected chi connectivity index (χ3v) is 5.71. The van der Waals surface area contributed by atoms with Gasteiger partial charge in [-0.1, -0.05) is 0 Å².